The quantitative estimate of drug-likeness (QED) is 0.741. The number of carbonyl (C=O) groups is 1. The van der Waals surface area contributed by atoms with Crippen molar-refractivity contribution in [2.45, 2.75) is 44.7 Å². The lowest BCUT2D eigenvalue weighted by molar-refractivity contribution is -0.118. The van der Waals surface area contributed by atoms with Gasteiger partial charge < -0.3 is 25.2 Å². The fourth-order valence-electron chi connectivity index (χ4n) is 3.54. The number of amides is 1. The molecule has 0 bridgehead atoms. The van der Waals surface area contributed by atoms with Crippen molar-refractivity contribution in [3.63, 3.8) is 0 Å². The van der Waals surface area contributed by atoms with E-state index in [9.17, 15) is 4.79 Å². The molecule has 0 saturated heterocycles. The first-order valence-electron chi connectivity index (χ1n) is 8.75. The van der Waals surface area contributed by atoms with Crippen molar-refractivity contribution >= 4 is 11.6 Å². The molecule has 2 aliphatic rings. The SMILES string of the molecule is C[C@H](N[C@H]1CCC[C@H]1CCO)C(=O)Nc1ccc2c(c1)OCCO2. The summed E-state index contributed by atoms with van der Waals surface area (Å²) in [4.78, 5) is 12.4. The van der Waals surface area contributed by atoms with E-state index in [1.165, 1.54) is 0 Å². The number of carbonyl (C=O) groups excluding carboxylic acids is 1. The van der Waals surface area contributed by atoms with Gasteiger partial charge in [0.25, 0.3) is 0 Å². The van der Waals surface area contributed by atoms with E-state index in [4.69, 9.17) is 14.6 Å². The molecule has 0 radical (unpaired) electrons. The highest BCUT2D eigenvalue weighted by atomic mass is 16.6. The third-order valence-corrected chi connectivity index (χ3v) is 4.83. The molecule has 1 aliphatic carbocycles. The van der Waals surface area contributed by atoms with Gasteiger partial charge in [-0.25, -0.2) is 0 Å². The molecule has 1 fully saturated rings. The molecular weight excluding hydrogens is 308 g/mol. The van der Waals surface area contributed by atoms with Gasteiger partial charge >= 0.3 is 0 Å². The summed E-state index contributed by atoms with van der Waals surface area (Å²) in [6.07, 6.45) is 4.13. The molecule has 1 saturated carbocycles. The number of anilines is 1. The average Bonchev–Trinajstić information content (AvgIpc) is 3.02. The number of rotatable bonds is 6. The van der Waals surface area contributed by atoms with Gasteiger partial charge in [-0.1, -0.05) is 6.42 Å². The van der Waals surface area contributed by atoms with E-state index < -0.39 is 0 Å². The Morgan fingerprint density at radius 2 is 2.08 bits per heavy atom. The summed E-state index contributed by atoms with van der Waals surface area (Å²) in [5.74, 6) is 1.77. The van der Waals surface area contributed by atoms with Gasteiger partial charge in [-0.2, -0.15) is 0 Å². The van der Waals surface area contributed by atoms with Crippen LogP contribution in [-0.2, 0) is 4.79 Å². The first-order valence-corrected chi connectivity index (χ1v) is 8.75. The number of aliphatic hydroxyl groups excluding tert-OH is 1. The molecule has 3 rings (SSSR count). The number of ether oxygens (including phenoxy) is 2. The maximum absolute atomic E-state index is 12.4. The van der Waals surface area contributed by atoms with Crippen LogP contribution in [-0.4, -0.2) is 42.9 Å². The minimum absolute atomic E-state index is 0.0682. The molecule has 1 heterocycles. The summed E-state index contributed by atoms with van der Waals surface area (Å²) in [7, 11) is 0. The van der Waals surface area contributed by atoms with E-state index in [2.05, 4.69) is 10.6 Å². The van der Waals surface area contributed by atoms with Crippen molar-refractivity contribution in [2.75, 3.05) is 25.1 Å². The Morgan fingerprint density at radius 1 is 1.29 bits per heavy atom. The Bertz CT molecular complexity index is 578. The van der Waals surface area contributed by atoms with Crippen molar-refractivity contribution in [1.29, 1.82) is 0 Å². The van der Waals surface area contributed by atoms with Crippen molar-refractivity contribution < 1.29 is 19.4 Å². The summed E-state index contributed by atoms with van der Waals surface area (Å²) < 4.78 is 11.0. The predicted molar refractivity (Wildman–Crippen MR) is 91.5 cm³/mol. The van der Waals surface area contributed by atoms with Gasteiger partial charge in [0.15, 0.2) is 11.5 Å². The summed E-state index contributed by atoms with van der Waals surface area (Å²) in [5.41, 5.74) is 0.705. The molecule has 0 spiro atoms. The topological polar surface area (TPSA) is 79.8 Å². The highest BCUT2D eigenvalue weighted by Crippen LogP contribution is 2.32. The standard InChI is InChI=1S/C18H26N2O4/c1-12(19-15-4-2-3-13(15)7-8-21)18(22)20-14-5-6-16-17(11-14)24-10-9-23-16/h5-6,11-13,15,19,21H,2-4,7-10H2,1H3,(H,20,22)/t12-,13-,15-/m0/s1. The number of aliphatic hydroxyl groups is 1. The molecule has 3 atom stereocenters. The third-order valence-electron chi connectivity index (χ3n) is 4.83. The summed E-state index contributed by atoms with van der Waals surface area (Å²) in [6, 6.07) is 5.45. The molecule has 6 heteroatoms. The predicted octanol–water partition coefficient (Wildman–Crippen LogP) is 1.93. The van der Waals surface area contributed by atoms with Gasteiger partial charge in [0.05, 0.1) is 6.04 Å². The maximum Gasteiger partial charge on any atom is 0.241 e. The van der Waals surface area contributed by atoms with Gasteiger partial charge in [-0.05, 0) is 44.2 Å². The minimum atomic E-state index is -0.289. The molecule has 24 heavy (non-hydrogen) atoms. The van der Waals surface area contributed by atoms with Crippen molar-refractivity contribution in [3.8, 4) is 11.5 Å². The van der Waals surface area contributed by atoms with E-state index in [-0.39, 0.29) is 18.6 Å². The molecule has 132 valence electrons. The molecule has 6 nitrogen and oxygen atoms in total. The summed E-state index contributed by atoms with van der Waals surface area (Å²) in [5, 5.41) is 15.5. The van der Waals surface area contributed by atoms with Crippen LogP contribution < -0.4 is 20.1 Å². The van der Waals surface area contributed by atoms with Gasteiger partial charge in [0, 0.05) is 24.4 Å². The minimum Gasteiger partial charge on any atom is -0.486 e. The van der Waals surface area contributed by atoms with Crippen LogP contribution in [0.25, 0.3) is 0 Å². The molecule has 0 unspecified atom stereocenters. The van der Waals surface area contributed by atoms with E-state index in [0.717, 1.165) is 25.7 Å². The second kappa shape index (κ2) is 7.85. The van der Waals surface area contributed by atoms with Gasteiger partial charge in [-0.15, -0.1) is 0 Å². The fraction of sp³-hybridized carbons (Fsp3) is 0.611. The Morgan fingerprint density at radius 3 is 2.88 bits per heavy atom. The Labute approximate surface area is 142 Å². The average molecular weight is 334 g/mol. The van der Waals surface area contributed by atoms with E-state index >= 15 is 0 Å². The third kappa shape index (κ3) is 3.99. The summed E-state index contributed by atoms with van der Waals surface area (Å²) >= 11 is 0. The van der Waals surface area contributed by atoms with Crippen LogP contribution in [0, 0.1) is 5.92 Å². The number of hydrogen-bond acceptors (Lipinski definition) is 5. The van der Waals surface area contributed by atoms with Crippen molar-refractivity contribution in [1.82, 2.24) is 5.32 Å². The fourth-order valence-corrected chi connectivity index (χ4v) is 3.54. The van der Waals surface area contributed by atoms with Gasteiger partial charge in [-0.3, -0.25) is 4.79 Å². The van der Waals surface area contributed by atoms with E-state index in [0.29, 0.717) is 42.4 Å². The number of benzene rings is 1. The monoisotopic (exact) mass is 334 g/mol. The number of hydrogen-bond donors (Lipinski definition) is 3. The second-order valence-corrected chi connectivity index (χ2v) is 6.55. The molecule has 1 aromatic rings. The highest BCUT2D eigenvalue weighted by Gasteiger charge is 2.29. The van der Waals surface area contributed by atoms with Crippen LogP contribution in [0.15, 0.2) is 18.2 Å². The molecule has 1 aromatic carbocycles. The first-order chi connectivity index (χ1) is 11.7. The Balaban J connectivity index is 1.56. The lowest BCUT2D eigenvalue weighted by atomic mass is 9.99. The summed E-state index contributed by atoms with van der Waals surface area (Å²) in [6.45, 7) is 3.16. The zero-order chi connectivity index (χ0) is 16.9. The zero-order valence-corrected chi connectivity index (χ0v) is 14.1. The smallest absolute Gasteiger partial charge is 0.241 e. The first kappa shape index (κ1) is 17.0. The molecule has 3 N–H and O–H groups in total. The van der Waals surface area contributed by atoms with Crippen LogP contribution >= 0.6 is 0 Å². The van der Waals surface area contributed by atoms with Crippen LogP contribution in [0.1, 0.15) is 32.6 Å². The maximum atomic E-state index is 12.4. The van der Waals surface area contributed by atoms with Crippen LogP contribution in [0.5, 0.6) is 11.5 Å². The lowest BCUT2D eigenvalue weighted by Gasteiger charge is -2.24. The number of fused-ring (bicyclic) bond motifs is 1. The van der Waals surface area contributed by atoms with E-state index in [1.807, 2.05) is 19.1 Å². The molecule has 0 aromatic heterocycles. The largest absolute Gasteiger partial charge is 0.486 e. The Kier molecular flexibility index (Phi) is 5.58. The van der Waals surface area contributed by atoms with E-state index in [1.54, 1.807) is 6.07 Å². The lowest BCUT2D eigenvalue weighted by Crippen LogP contribution is -2.45. The van der Waals surface area contributed by atoms with Crippen molar-refractivity contribution in [3.05, 3.63) is 18.2 Å². The zero-order valence-electron chi connectivity index (χ0n) is 14.1. The molecule has 1 amide bonds. The Hall–Kier alpha value is -1.79. The number of nitrogens with one attached hydrogen (secondary N) is 2. The van der Waals surface area contributed by atoms with Gasteiger partial charge in [0.2, 0.25) is 5.91 Å². The molecular formula is C18H26N2O4. The molecule has 1 aliphatic heterocycles. The van der Waals surface area contributed by atoms with Gasteiger partial charge in [0.1, 0.15) is 13.2 Å². The van der Waals surface area contributed by atoms with Crippen LogP contribution in [0.2, 0.25) is 0 Å². The van der Waals surface area contributed by atoms with Crippen molar-refractivity contribution in [2.24, 2.45) is 5.92 Å². The normalized spacial score (nSPS) is 23.8. The second-order valence-electron chi connectivity index (χ2n) is 6.55. The van der Waals surface area contributed by atoms with Crippen LogP contribution in [0.3, 0.4) is 0 Å². The highest BCUT2D eigenvalue weighted by molar-refractivity contribution is 5.94. The van der Waals surface area contributed by atoms with Crippen LogP contribution in [0.4, 0.5) is 5.69 Å².